The zero-order chi connectivity index (χ0) is 22.2. The molecule has 0 spiro atoms. The number of piperazine rings is 2. The van der Waals surface area contributed by atoms with Crippen LogP contribution in [0.2, 0.25) is 10.0 Å². The van der Waals surface area contributed by atoms with Crippen LogP contribution in [0.4, 0.5) is 0 Å². The van der Waals surface area contributed by atoms with E-state index in [1.165, 1.54) is 63.2 Å². The van der Waals surface area contributed by atoms with Crippen LogP contribution in [-0.2, 0) is 13.1 Å². The fourth-order valence-corrected chi connectivity index (χ4v) is 4.96. The van der Waals surface area contributed by atoms with Crippen LogP contribution in [0.1, 0.15) is 24.0 Å². The third-order valence-corrected chi connectivity index (χ3v) is 7.27. The molecule has 2 aliphatic rings. The van der Waals surface area contributed by atoms with Crippen molar-refractivity contribution >= 4 is 23.2 Å². The van der Waals surface area contributed by atoms with Crippen molar-refractivity contribution in [3.8, 4) is 0 Å². The minimum atomic E-state index is 0.818. The maximum Gasteiger partial charge on any atom is 0.0406 e. The van der Waals surface area contributed by atoms with Gasteiger partial charge in [0.15, 0.2) is 0 Å². The Bertz CT molecular complexity index is 726. The summed E-state index contributed by atoms with van der Waals surface area (Å²) in [6.45, 7) is 14.0. The molecule has 2 aromatic carbocycles. The predicted octanol–water partition coefficient (Wildman–Crippen LogP) is 4.71. The molecule has 0 aromatic heterocycles. The summed E-state index contributed by atoms with van der Waals surface area (Å²) in [4.78, 5) is 10.4. The van der Waals surface area contributed by atoms with Gasteiger partial charge in [-0.15, -0.1) is 0 Å². The number of benzene rings is 2. The van der Waals surface area contributed by atoms with E-state index in [1.807, 2.05) is 24.3 Å². The summed E-state index contributed by atoms with van der Waals surface area (Å²) >= 11 is 12.0. The van der Waals surface area contributed by atoms with Gasteiger partial charge in [0.1, 0.15) is 0 Å². The molecule has 2 saturated heterocycles. The highest BCUT2D eigenvalue weighted by Gasteiger charge is 2.18. The minimum absolute atomic E-state index is 0.818. The number of rotatable bonds is 9. The zero-order valence-corrected chi connectivity index (χ0v) is 20.6. The molecular weight excluding hydrogens is 439 g/mol. The quantitative estimate of drug-likeness (QED) is 0.487. The number of hydrogen-bond acceptors (Lipinski definition) is 4. The fourth-order valence-electron chi connectivity index (χ4n) is 4.71. The smallest absolute Gasteiger partial charge is 0.0406 e. The van der Waals surface area contributed by atoms with Crippen LogP contribution in [0, 0.1) is 0 Å². The van der Waals surface area contributed by atoms with Crippen LogP contribution in [0.25, 0.3) is 0 Å². The topological polar surface area (TPSA) is 13.0 Å². The van der Waals surface area contributed by atoms with Crippen LogP contribution >= 0.6 is 23.2 Å². The van der Waals surface area contributed by atoms with Crippen molar-refractivity contribution in [2.24, 2.45) is 0 Å². The van der Waals surface area contributed by atoms with Gasteiger partial charge in [0.2, 0.25) is 0 Å². The first-order valence-corrected chi connectivity index (χ1v) is 12.8. The molecule has 174 valence electrons. The van der Waals surface area contributed by atoms with E-state index in [0.717, 1.165) is 49.3 Å². The Morgan fingerprint density at radius 2 is 0.781 bits per heavy atom. The first kappa shape index (κ1) is 24.0. The Kier molecular flexibility index (Phi) is 9.27. The van der Waals surface area contributed by atoms with E-state index < -0.39 is 0 Å². The Morgan fingerprint density at radius 3 is 1.12 bits per heavy atom. The summed E-state index contributed by atoms with van der Waals surface area (Å²) in [6.07, 6.45) is 2.62. The third-order valence-electron chi connectivity index (χ3n) is 6.77. The first-order chi connectivity index (χ1) is 15.6. The lowest BCUT2D eigenvalue weighted by molar-refractivity contribution is 0.114. The normalized spacial score (nSPS) is 19.4. The molecule has 0 amide bonds. The SMILES string of the molecule is Clc1ccc(CN2CCN(CCCCN3CCN(Cc4ccc(Cl)cc4)CC3)CC2)cc1. The van der Waals surface area contributed by atoms with Crippen molar-refractivity contribution in [2.45, 2.75) is 25.9 Å². The molecule has 0 radical (unpaired) electrons. The number of nitrogens with zero attached hydrogens (tertiary/aromatic N) is 4. The van der Waals surface area contributed by atoms with Crippen LogP contribution in [0.3, 0.4) is 0 Å². The highest BCUT2D eigenvalue weighted by molar-refractivity contribution is 6.30. The maximum atomic E-state index is 5.99. The van der Waals surface area contributed by atoms with Crippen LogP contribution < -0.4 is 0 Å². The summed E-state index contributed by atoms with van der Waals surface area (Å²) in [7, 11) is 0. The molecule has 0 atom stereocenters. The molecule has 2 heterocycles. The van der Waals surface area contributed by atoms with E-state index in [1.54, 1.807) is 0 Å². The van der Waals surface area contributed by atoms with Crippen molar-refractivity contribution in [2.75, 3.05) is 65.4 Å². The maximum absolute atomic E-state index is 5.99. The van der Waals surface area contributed by atoms with Gasteiger partial charge >= 0.3 is 0 Å². The lowest BCUT2D eigenvalue weighted by Gasteiger charge is -2.36. The Balaban J connectivity index is 1.05. The zero-order valence-electron chi connectivity index (χ0n) is 19.1. The van der Waals surface area contributed by atoms with E-state index in [9.17, 15) is 0 Å². The molecular formula is C26H36Cl2N4. The van der Waals surface area contributed by atoms with Gasteiger partial charge in [-0.3, -0.25) is 9.80 Å². The van der Waals surface area contributed by atoms with E-state index in [2.05, 4.69) is 43.9 Å². The summed E-state index contributed by atoms with van der Waals surface area (Å²) < 4.78 is 0. The predicted molar refractivity (Wildman–Crippen MR) is 136 cm³/mol. The largest absolute Gasteiger partial charge is 0.301 e. The van der Waals surface area contributed by atoms with Crippen LogP contribution in [0.15, 0.2) is 48.5 Å². The number of halogens is 2. The summed E-state index contributed by atoms with van der Waals surface area (Å²) in [5, 5.41) is 1.64. The molecule has 0 unspecified atom stereocenters. The molecule has 0 N–H and O–H groups in total. The molecule has 0 saturated carbocycles. The van der Waals surface area contributed by atoms with Crippen LogP contribution in [-0.4, -0.2) is 85.0 Å². The second-order valence-electron chi connectivity index (χ2n) is 9.20. The molecule has 6 heteroatoms. The highest BCUT2D eigenvalue weighted by atomic mass is 35.5. The van der Waals surface area contributed by atoms with Gasteiger partial charge in [-0.05, 0) is 61.3 Å². The molecule has 4 rings (SSSR count). The molecule has 32 heavy (non-hydrogen) atoms. The van der Waals surface area contributed by atoms with E-state index in [0.29, 0.717) is 0 Å². The van der Waals surface area contributed by atoms with E-state index in [4.69, 9.17) is 23.2 Å². The monoisotopic (exact) mass is 474 g/mol. The Labute approximate surface area is 203 Å². The summed E-state index contributed by atoms with van der Waals surface area (Å²) in [5.74, 6) is 0. The lowest BCUT2D eigenvalue weighted by atomic mass is 10.2. The molecule has 2 aliphatic heterocycles. The van der Waals surface area contributed by atoms with Crippen molar-refractivity contribution in [1.82, 2.24) is 19.6 Å². The number of unbranched alkanes of at least 4 members (excludes halogenated alkanes) is 1. The van der Waals surface area contributed by atoms with Crippen molar-refractivity contribution in [3.63, 3.8) is 0 Å². The molecule has 4 nitrogen and oxygen atoms in total. The molecule has 2 aromatic rings. The van der Waals surface area contributed by atoms with E-state index in [-0.39, 0.29) is 0 Å². The van der Waals surface area contributed by atoms with Crippen molar-refractivity contribution in [1.29, 1.82) is 0 Å². The Morgan fingerprint density at radius 1 is 0.469 bits per heavy atom. The van der Waals surface area contributed by atoms with Gasteiger partial charge in [-0.2, -0.15) is 0 Å². The van der Waals surface area contributed by atoms with Gasteiger partial charge in [0.05, 0.1) is 0 Å². The van der Waals surface area contributed by atoms with E-state index >= 15 is 0 Å². The van der Waals surface area contributed by atoms with Gasteiger partial charge in [0.25, 0.3) is 0 Å². The van der Waals surface area contributed by atoms with Gasteiger partial charge in [-0.25, -0.2) is 0 Å². The van der Waals surface area contributed by atoms with Crippen LogP contribution in [0.5, 0.6) is 0 Å². The highest BCUT2D eigenvalue weighted by Crippen LogP contribution is 2.15. The summed E-state index contributed by atoms with van der Waals surface area (Å²) in [5.41, 5.74) is 2.72. The minimum Gasteiger partial charge on any atom is -0.301 e. The lowest BCUT2D eigenvalue weighted by Crippen LogP contribution is -2.47. The molecule has 2 fully saturated rings. The summed E-state index contributed by atoms with van der Waals surface area (Å²) in [6, 6.07) is 16.6. The van der Waals surface area contributed by atoms with Gasteiger partial charge in [0, 0.05) is 75.5 Å². The second kappa shape index (κ2) is 12.4. The van der Waals surface area contributed by atoms with Gasteiger partial charge < -0.3 is 9.80 Å². The number of hydrogen-bond donors (Lipinski definition) is 0. The fraction of sp³-hybridized carbons (Fsp3) is 0.538. The van der Waals surface area contributed by atoms with Gasteiger partial charge in [-0.1, -0.05) is 47.5 Å². The van der Waals surface area contributed by atoms with Crippen molar-refractivity contribution in [3.05, 3.63) is 69.7 Å². The molecule has 0 aliphatic carbocycles. The third kappa shape index (κ3) is 7.72. The van der Waals surface area contributed by atoms with Crippen molar-refractivity contribution < 1.29 is 0 Å². The second-order valence-corrected chi connectivity index (χ2v) is 10.1. The molecule has 0 bridgehead atoms. The first-order valence-electron chi connectivity index (χ1n) is 12.0. The Hall–Kier alpha value is -1.14. The standard InChI is InChI=1S/C26H36Cl2N4/c27-25-7-3-23(4-8-25)21-31-17-13-29(14-18-31)11-1-2-12-30-15-19-32(20-16-30)22-24-5-9-26(28)10-6-24/h3-10H,1-2,11-22H2. The average molecular weight is 476 g/mol. The average Bonchev–Trinajstić information content (AvgIpc) is 2.82.